The van der Waals surface area contributed by atoms with Gasteiger partial charge in [0.15, 0.2) is 0 Å². The number of phenolic OH excluding ortho intramolecular Hbond substituents is 1. The zero-order valence-electron chi connectivity index (χ0n) is 20.5. The molecule has 8 aromatic rings. The molecule has 0 atom stereocenters. The van der Waals surface area contributed by atoms with Gasteiger partial charge in [-0.15, -0.1) is 11.3 Å². The molecule has 0 fully saturated rings. The van der Waals surface area contributed by atoms with Crippen molar-refractivity contribution in [2.45, 2.75) is 0 Å². The molecule has 39 heavy (non-hydrogen) atoms. The monoisotopic (exact) mass is 538 g/mol. The number of hydrogen-bond donors (Lipinski definition) is 1. The quantitative estimate of drug-likeness (QED) is 0.176. The topological polar surface area (TPSA) is 46.0 Å². The van der Waals surface area contributed by atoms with Crippen molar-refractivity contribution in [2.75, 3.05) is 0 Å². The molecule has 0 aliphatic carbocycles. The van der Waals surface area contributed by atoms with Gasteiger partial charge in [0.2, 0.25) is 5.28 Å². The van der Waals surface area contributed by atoms with Crippen LogP contribution in [0.4, 0.5) is 0 Å². The summed E-state index contributed by atoms with van der Waals surface area (Å²) < 4.78 is 1.86. The summed E-state index contributed by atoms with van der Waals surface area (Å²) in [4.78, 5) is 9.12. The molecule has 5 heteroatoms. The largest absolute Gasteiger partial charge is 0.507 e. The highest BCUT2D eigenvalue weighted by Gasteiger charge is 2.18. The van der Waals surface area contributed by atoms with Crippen LogP contribution in [0, 0.1) is 0 Å². The summed E-state index contributed by atoms with van der Waals surface area (Å²) >= 11 is 7.98. The van der Waals surface area contributed by atoms with Gasteiger partial charge in [0.05, 0.1) is 21.3 Å². The first-order valence-electron chi connectivity index (χ1n) is 12.7. The second-order valence-electron chi connectivity index (χ2n) is 9.70. The number of benzene rings is 6. The minimum atomic E-state index is 0.162. The Bertz CT molecular complexity index is 2240. The molecule has 0 radical (unpaired) electrons. The number of thiophene rings is 1. The van der Waals surface area contributed by atoms with Crippen LogP contribution in [0.5, 0.6) is 5.75 Å². The van der Waals surface area contributed by atoms with Crippen molar-refractivity contribution in [3.63, 3.8) is 0 Å². The van der Waals surface area contributed by atoms with E-state index < -0.39 is 0 Å². The molecule has 0 aliphatic rings. The smallest absolute Gasteiger partial charge is 0.223 e. The van der Waals surface area contributed by atoms with Crippen molar-refractivity contribution in [1.82, 2.24) is 9.97 Å². The lowest BCUT2D eigenvalue weighted by Crippen LogP contribution is -1.90. The fraction of sp³-hybridized carbons (Fsp3) is 0. The van der Waals surface area contributed by atoms with Crippen LogP contribution >= 0.6 is 22.9 Å². The van der Waals surface area contributed by atoms with E-state index in [1.807, 2.05) is 12.1 Å². The Kier molecular flexibility index (Phi) is 4.90. The van der Waals surface area contributed by atoms with E-state index in [9.17, 15) is 5.11 Å². The number of aromatic nitrogens is 2. The lowest BCUT2D eigenvalue weighted by atomic mass is 9.92. The molecule has 1 N–H and O–H groups in total. The molecule has 0 bridgehead atoms. The highest BCUT2D eigenvalue weighted by Crippen LogP contribution is 2.43. The third-order valence-electron chi connectivity index (χ3n) is 7.50. The van der Waals surface area contributed by atoms with Crippen LogP contribution in [0.2, 0.25) is 5.28 Å². The summed E-state index contributed by atoms with van der Waals surface area (Å²) in [6.45, 7) is 0. The standard InChI is InChI=1S/C34H19ClN2OS/c35-34-36-31(33-32(37-34)30-28(38)13-6-14-29(30)39-33)21-8-5-7-19(17-21)20-15-16-26-24-11-2-1-9-22(24)23-10-3-4-12-25(23)27(26)18-20/h1-18,38H. The number of halogens is 1. The van der Waals surface area contributed by atoms with Gasteiger partial charge < -0.3 is 5.11 Å². The molecule has 0 spiro atoms. The van der Waals surface area contributed by atoms with E-state index in [-0.39, 0.29) is 11.0 Å². The van der Waals surface area contributed by atoms with Gasteiger partial charge in [-0.05, 0) is 79.3 Å². The Labute approximate surface area is 232 Å². The van der Waals surface area contributed by atoms with E-state index in [1.165, 1.54) is 32.3 Å². The van der Waals surface area contributed by atoms with Gasteiger partial charge in [-0.25, -0.2) is 9.97 Å². The Morgan fingerprint density at radius 1 is 0.564 bits per heavy atom. The van der Waals surface area contributed by atoms with E-state index in [1.54, 1.807) is 17.4 Å². The van der Waals surface area contributed by atoms with Gasteiger partial charge in [-0.3, -0.25) is 0 Å². The molecule has 8 rings (SSSR count). The van der Waals surface area contributed by atoms with Crippen LogP contribution in [0.15, 0.2) is 109 Å². The summed E-state index contributed by atoms with van der Waals surface area (Å²) in [6.07, 6.45) is 0. The molecule has 184 valence electrons. The summed E-state index contributed by atoms with van der Waals surface area (Å²) in [5.74, 6) is 0.198. The molecule has 0 aliphatic heterocycles. The van der Waals surface area contributed by atoms with Crippen LogP contribution < -0.4 is 0 Å². The minimum absolute atomic E-state index is 0.162. The van der Waals surface area contributed by atoms with Crippen LogP contribution in [-0.2, 0) is 0 Å². The van der Waals surface area contributed by atoms with Gasteiger partial charge in [-0.2, -0.15) is 0 Å². The zero-order valence-corrected chi connectivity index (χ0v) is 22.1. The highest BCUT2D eigenvalue weighted by molar-refractivity contribution is 7.26. The molecule has 2 aromatic heterocycles. The lowest BCUT2D eigenvalue weighted by molar-refractivity contribution is 0.482. The van der Waals surface area contributed by atoms with Crippen molar-refractivity contribution < 1.29 is 5.11 Å². The van der Waals surface area contributed by atoms with Gasteiger partial charge >= 0.3 is 0 Å². The summed E-state index contributed by atoms with van der Waals surface area (Å²) in [7, 11) is 0. The number of rotatable bonds is 2. The first-order valence-corrected chi connectivity index (χ1v) is 13.9. The zero-order chi connectivity index (χ0) is 26.1. The molecule has 3 nitrogen and oxygen atoms in total. The van der Waals surface area contributed by atoms with E-state index in [0.29, 0.717) is 10.9 Å². The number of fused-ring (bicyclic) bond motifs is 9. The number of nitrogens with zero attached hydrogens (tertiary/aromatic N) is 2. The van der Waals surface area contributed by atoms with Crippen LogP contribution in [0.25, 0.3) is 75.0 Å². The van der Waals surface area contributed by atoms with Crippen LogP contribution in [0.3, 0.4) is 0 Å². The molecule has 6 aromatic carbocycles. The van der Waals surface area contributed by atoms with Crippen molar-refractivity contribution >= 4 is 75.6 Å². The molecule has 0 unspecified atom stereocenters. The Hall–Kier alpha value is -4.51. The van der Waals surface area contributed by atoms with E-state index in [2.05, 4.69) is 101 Å². The number of aromatic hydroxyl groups is 1. The predicted molar refractivity (Wildman–Crippen MR) is 165 cm³/mol. The predicted octanol–water partition coefficient (Wildman–Crippen LogP) is 10.00. The van der Waals surface area contributed by atoms with E-state index in [4.69, 9.17) is 11.6 Å². The first kappa shape index (κ1) is 22.5. The summed E-state index contributed by atoms with van der Waals surface area (Å²) in [5.41, 5.74) is 4.63. The first-order chi connectivity index (χ1) is 19.2. The Morgan fingerprint density at radius 2 is 1.18 bits per heavy atom. The van der Waals surface area contributed by atoms with Crippen LogP contribution in [-0.4, -0.2) is 15.1 Å². The Balaban J connectivity index is 1.35. The molecule has 0 saturated heterocycles. The third kappa shape index (κ3) is 3.42. The second kappa shape index (κ2) is 8.50. The normalized spacial score (nSPS) is 11.8. The third-order valence-corrected chi connectivity index (χ3v) is 8.82. The maximum atomic E-state index is 10.5. The van der Waals surface area contributed by atoms with E-state index in [0.717, 1.165) is 31.8 Å². The number of hydrogen-bond acceptors (Lipinski definition) is 4. The average Bonchev–Trinajstić information content (AvgIpc) is 3.36. The molecular weight excluding hydrogens is 520 g/mol. The van der Waals surface area contributed by atoms with Crippen LogP contribution in [0.1, 0.15) is 0 Å². The summed E-state index contributed by atoms with van der Waals surface area (Å²) in [6, 6.07) is 37.9. The second-order valence-corrected chi connectivity index (χ2v) is 11.1. The summed E-state index contributed by atoms with van der Waals surface area (Å²) in [5, 5.41) is 18.9. The van der Waals surface area contributed by atoms with Crippen molar-refractivity contribution in [3.8, 4) is 28.1 Å². The van der Waals surface area contributed by atoms with E-state index >= 15 is 0 Å². The molecule has 0 amide bonds. The SMILES string of the molecule is Oc1cccc2sc3c(-c4cccc(-c5ccc6c7ccccc7c7ccccc7c6c5)c4)nc(Cl)nc3c12. The fourth-order valence-electron chi connectivity index (χ4n) is 5.77. The number of phenols is 1. The van der Waals surface area contributed by atoms with Gasteiger partial charge in [0.1, 0.15) is 5.75 Å². The van der Waals surface area contributed by atoms with Gasteiger partial charge in [0.25, 0.3) is 0 Å². The molecule has 2 heterocycles. The molecular formula is C34H19ClN2OS. The van der Waals surface area contributed by atoms with Gasteiger partial charge in [-0.1, -0.05) is 84.9 Å². The Morgan fingerprint density at radius 3 is 1.92 bits per heavy atom. The molecule has 0 saturated carbocycles. The maximum Gasteiger partial charge on any atom is 0.223 e. The average molecular weight is 539 g/mol. The van der Waals surface area contributed by atoms with Gasteiger partial charge in [0, 0.05) is 10.3 Å². The van der Waals surface area contributed by atoms with Crippen molar-refractivity contribution in [2.24, 2.45) is 0 Å². The fourth-order valence-corrected chi connectivity index (χ4v) is 7.11. The maximum absolute atomic E-state index is 10.5. The lowest BCUT2D eigenvalue weighted by Gasteiger charge is -2.12. The minimum Gasteiger partial charge on any atom is -0.507 e. The highest BCUT2D eigenvalue weighted by atomic mass is 35.5. The van der Waals surface area contributed by atoms with Crippen molar-refractivity contribution in [3.05, 3.63) is 114 Å². The van der Waals surface area contributed by atoms with Crippen molar-refractivity contribution in [1.29, 1.82) is 0 Å².